The van der Waals surface area contributed by atoms with Crippen molar-refractivity contribution in [1.82, 2.24) is 4.98 Å². The highest BCUT2D eigenvalue weighted by Crippen LogP contribution is 2.44. The van der Waals surface area contributed by atoms with Crippen molar-refractivity contribution in [3.63, 3.8) is 0 Å². The minimum atomic E-state index is -1.62. The number of allylic oxidation sites excluding steroid dienone is 1. The van der Waals surface area contributed by atoms with Crippen LogP contribution in [0.5, 0.6) is 0 Å². The lowest BCUT2D eigenvalue weighted by Gasteiger charge is -2.33. The molecule has 5 aromatic rings. The molecule has 0 fully saturated rings. The van der Waals surface area contributed by atoms with Crippen LogP contribution in [-0.4, -0.2) is 25.3 Å². The molecule has 0 aliphatic carbocycles. The van der Waals surface area contributed by atoms with E-state index in [9.17, 15) is 0 Å². The van der Waals surface area contributed by atoms with Crippen LogP contribution in [0.3, 0.4) is 0 Å². The molecule has 0 radical (unpaired) electrons. The van der Waals surface area contributed by atoms with Gasteiger partial charge in [-0.05, 0) is 77.6 Å². The highest BCUT2D eigenvalue weighted by atomic mass is 28.3. The number of furan rings is 1. The van der Waals surface area contributed by atoms with Crippen LogP contribution in [0.15, 0.2) is 95.0 Å². The van der Waals surface area contributed by atoms with Crippen LogP contribution in [0.2, 0.25) is 19.6 Å². The van der Waals surface area contributed by atoms with E-state index in [-0.39, 0.29) is 6.04 Å². The predicted molar refractivity (Wildman–Crippen MR) is 205 cm³/mol. The Balaban J connectivity index is 1.40. The monoisotopic (exact) mass is 652 g/mol. The Hall–Kier alpha value is -4.09. The topological polar surface area (TPSA) is 42.3 Å². The van der Waals surface area contributed by atoms with Gasteiger partial charge in [0.15, 0.2) is 12.2 Å². The van der Waals surface area contributed by atoms with E-state index in [1.54, 1.807) is 5.19 Å². The van der Waals surface area contributed by atoms with Gasteiger partial charge in [0.25, 0.3) is 0 Å². The Morgan fingerprint density at radius 1 is 1.02 bits per heavy atom. The molecule has 5 heteroatoms. The van der Waals surface area contributed by atoms with E-state index in [1.165, 1.54) is 27.9 Å². The molecule has 0 bridgehead atoms. The van der Waals surface area contributed by atoms with Gasteiger partial charge in [-0.1, -0.05) is 90.8 Å². The Morgan fingerprint density at radius 2 is 1.79 bits per heavy atom. The number of aryl methyl sites for hydroxylation is 1. The summed E-state index contributed by atoms with van der Waals surface area (Å²) in [5.74, 6) is 1.27. The van der Waals surface area contributed by atoms with Gasteiger partial charge < -0.3 is 4.42 Å². The molecule has 0 saturated heterocycles. The zero-order valence-electron chi connectivity index (χ0n) is 29.9. The predicted octanol–water partition coefficient (Wildman–Crippen LogP) is 10.0. The van der Waals surface area contributed by atoms with Crippen molar-refractivity contribution >= 4 is 41.0 Å². The number of nitrogens with zero attached hydrogens (tertiary/aromatic N) is 3. The van der Waals surface area contributed by atoms with Crippen LogP contribution < -0.4 is 9.75 Å². The number of aliphatic imine (C=N–C) groups is 1. The van der Waals surface area contributed by atoms with E-state index >= 15 is 0 Å². The van der Waals surface area contributed by atoms with E-state index in [0.717, 1.165) is 64.6 Å². The Morgan fingerprint density at radius 3 is 2.52 bits per heavy atom. The first-order chi connectivity index (χ1) is 22.9. The molecule has 2 aliphatic heterocycles. The number of benzene rings is 2. The van der Waals surface area contributed by atoms with E-state index in [4.69, 9.17) is 14.4 Å². The Kier molecular flexibility index (Phi) is 8.39. The minimum absolute atomic E-state index is 0.267. The van der Waals surface area contributed by atoms with E-state index in [1.807, 2.05) is 6.08 Å². The minimum Gasteiger partial charge on any atom is -0.437 e. The number of hydrogen-bond acceptors (Lipinski definition) is 3. The fourth-order valence-corrected chi connectivity index (χ4v) is 9.79. The SMILES string of the molecule is C=C/C1=N/CC(=C)CC2C(CCc3ccc4c(oc5nc(C(C)C)ccc54)c31)c1ccccc1-c1cc(CC(C)C)c([Si](C)(C)C)c[n+]12. The highest BCUT2D eigenvalue weighted by Gasteiger charge is 2.42. The molecule has 7 rings (SSSR count). The van der Waals surface area contributed by atoms with Crippen LogP contribution in [0, 0.1) is 5.92 Å². The summed E-state index contributed by atoms with van der Waals surface area (Å²) in [6.45, 7) is 25.9. The largest absolute Gasteiger partial charge is 0.437 e. The third-order valence-electron chi connectivity index (χ3n) is 10.4. The molecular formula is C43H50N3OSi+. The van der Waals surface area contributed by atoms with Crippen molar-refractivity contribution in [2.45, 2.75) is 90.9 Å². The summed E-state index contributed by atoms with van der Waals surface area (Å²) in [5.41, 5.74) is 12.6. The molecule has 2 unspecified atom stereocenters. The van der Waals surface area contributed by atoms with E-state index < -0.39 is 8.07 Å². The van der Waals surface area contributed by atoms with Crippen molar-refractivity contribution < 1.29 is 8.98 Å². The fraction of sp³-hybridized carbons (Fsp3) is 0.372. The average Bonchev–Trinajstić information content (AvgIpc) is 3.41. The van der Waals surface area contributed by atoms with Crippen LogP contribution in [-0.2, 0) is 12.8 Å². The molecule has 0 spiro atoms. The van der Waals surface area contributed by atoms with Crippen LogP contribution in [0.25, 0.3) is 33.3 Å². The molecule has 48 heavy (non-hydrogen) atoms. The fourth-order valence-electron chi connectivity index (χ4n) is 8.13. The molecule has 5 heterocycles. The third kappa shape index (κ3) is 5.70. The third-order valence-corrected chi connectivity index (χ3v) is 12.5. The molecule has 2 atom stereocenters. The lowest BCUT2D eigenvalue weighted by molar-refractivity contribution is -0.717. The maximum atomic E-state index is 6.63. The van der Waals surface area contributed by atoms with Crippen molar-refractivity contribution in [2.24, 2.45) is 10.9 Å². The summed E-state index contributed by atoms with van der Waals surface area (Å²) in [4.78, 5) is 10.1. The maximum absolute atomic E-state index is 6.63. The number of hydrogen-bond donors (Lipinski definition) is 0. The zero-order valence-corrected chi connectivity index (χ0v) is 30.9. The van der Waals surface area contributed by atoms with Gasteiger partial charge in [-0.15, -0.1) is 0 Å². The second-order valence-electron chi connectivity index (χ2n) is 15.8. The first-order valence-electron chi connectivity index (χ1n) is 17.8. The van der Waals surface area contributed by atoms with Crippen molar-refractivity contribution in [1.29, 1.82) is 0 Å². The first kappa shape index (κ1) is 32.5. The van der Waals surface area contributed by atoms with Crippen LogP contribution in [0.4, 0.5) is 0 Å². The highest BCUT2D eigenvalue weighted by molar-refractivity contribution is 6.89. The van der Waals surface area contributed by atoms with Gasteiger partial charge in [0.1, 0.15) is 5.58 Å². The van der Waals surface area contributed by atoms with Gasteiger partial charge in [0.05, 0.1) is 20.3 Å². The normalized spacial score (nSPS) is 19.4. The van der Waals surface area contributed by atoms with E-state index in [0.29, 0.717) is 30.0 Å². The summed E-state index contributed by atoms with van der Waals surface area (Å²) in [6, 6.07) is 20.8. The van der Waals surface area contributed by atoms with Crippen molar-refractivity contribution in [2.75, 3.05) is 6.54 Å². The lowest BCUT2D eigenvalue weighted by Crippen LogP contribution is -2.54. The summed E-state index contributed by atoms with van der Waals surface area (Å²) in [7, 11) is -1.62. The summed E-state index contributed by atoms with van der Waals surface area (Å²) in [5, 5.41) is 3.71. The van der Waals surface area contributed by atoms with Gasteiger partial charge >= 0.3 is 0 Å². The summed E-state index contributed by atoms with van der Waals surface area (Å²) < 4.78 is 9.28. The number of fused-ring (bicyclic) bond motifs is 11. The molecule has 2 aliphatic rings. The second kappa shape index (κ2) is 12.4. The molecule has 0 N–H and O–H groups in total. The van der Waals surface area contributed by atoms with Gasteiger partial charge in [-0.2, -0.15) is 4.57 Å². The van der Waals surface area contributed by atoms with Crippen molar-refractivity contribution in [3.8, 4) is 11.3 Å². The molecule has 2 aromatic carbocycles. The zero-order chi connectivity index (χ0) is 33.9. The van der Waals surface area contributed by atoms with Gasteiger partial charge in [0.2, 0.25) is 11.4 Å². The smallest absolute Gasteiger partial charge is 0.227 e. The summed E-state index contributed by atoms with van der Waals surface area (Å²) >= 11 is 0. The quantitative estimate of drug-likeness (QED) is 0.108. The standard InChI is InChI=1S/C43H50N3OSi/c1-10-36-41-29(16-18-34-35-19-20-37(27(4)5)45-43(35)47-42(34)41)15-17-33-31-13-11-12-14-32(31)39-23-30(21-26(2)3)40(48(7,8)9)25-46(39)38(33)22-28(6)24-44-36/h10-14,16,18-20,23,25-27,33,38H,1,6,15,17,21-22,24H2,2-5,7-9H3/q+1/b44-36-. The van der Waals surface area contributed by atoms with Crippen LogP contribution in [0.1, 0.15) is 86.4 Å². The number of pyridine rings is 2. The molecule has 0 saturated carbocycles. The Bertz CT molecular complexity index is 2110. The van der Waals surface area contributed by atoms with Crippen molar-refractivity contribution in [3.05, 3.63) is 114 Å². The Labute approximate surface area is 287 Å². The molecule has 0 amide bonds. The molecular weight excluding hydrogens is 603 g/mol. The van der Waals surface area contributed by atoms with Gasteiger partial charge in [-0.3, -0.25) is 4.99 Å². The molecule has 3 aromatic heterocycles. The van der Waals surface area contributed by atoms with Gasteiger partial charge in [-0.25, -0.2) is 4.98 Å². The molecule has 246 valence electrons. The second-order valence-corrected chi connectivity index (χ2v) is 20.9. The number of aromatic nitrogens is 2. The maximum Gasteiger partial charge on any atom is 0.227 e. The van der Waals surface area contributed by atoms with Crippen LogP contribution >= 0.6 is 0 Å². The summed E-state index contributed by atoms with van der Waals surface area (Å²) in [6.07, 6.45) is 8.36. The average molecular weight is 653 g/mol. The molecule has 4 nitrogen and oxygen atoms in total. The van der Waals surface area contributed by atoms with E-state index in [2.05, 4.69) is 126 Å². The number of rotatable bonds is 5. The first-order valence-corrected chi connectivity index (χ1v) is 21.3. The lowest BCUT2D eigenvalue weighted by atomic mass is 9.77. The van der Waals surface area contributed by atoms with Gasteiger partial charge in [0, 0.05) is 51.2 Å².